The van der Waals surface area contributed by atoms with Gasteiger partial charge in [0.05, 0.1) is 0 Å². The third-order valence-electron chi connectivity index (χ3n) is 4.08. The van der Waals surface area contributed by atoms with Gasteiger partial charge in [0, 0.05) is 23.0 Å². The average Bonchev–Trinajstić information content (AvgIpc) is 3.26. The minimum absolute atomic E-state index is 0.762. The lowest BCUT2D eigenvalue weighted by molar-refractivity contribution is 0.675. The van der Waals surface area contributed by atoms with Gasteiger partial charge in [0.2, 0.25) is 0 Å². The number of benzene rings is 1. The van der Waals surface area contributed by atoms with E-state index in [-0.39, 0.29) is 0 Å². The van der Waals surface area contributed by atoms with Crippen molar-refractivity contribution in [2.24, 2.45) is 0 Å². The fraction of sp³-hybridized carbons (Fsp3) is 0.444. The van der Waals surface area contributed by atoms with Crippen molar-refractivity contribution in [3.63, 3.8) is 0 Å². The van der Waals surface area contributed by atoms with Crippen LogP contribution in [0.3, 0.4) is 0 Å². The van der Waals surface area contributed by atoms with E-state index in [2.05, 4.69) is 50.4 Å². The molecule has 3 rings (SSSR count). The van der Waals surface area contributed by atoms with Gasteiger partial charge < -0.3 is 5.32 Å². The molecule has 21 heavy (non-hydrogen) atoms. The molecule has 0 spiro atoms. The molecule has 1 fully saturated rings. The van der Waals surface area contributed by atoms with Gasteiger partial charge in [0.25, 0.3) is 0 Å². The molecule has 0 radical (unpaired) electrons. The molecule has 1 heterocycles. The summed E-state index contributed by atoms with van der Waals surface area (Å²) >= 11 is 0. The van der Waals surface area contributed by atoms with Crippen molar-refractivity contribution in [1.29, 1.82) is 0 Å². The van der Waals surface area contributed by atoms with Crippen LogP contribution in [0.5, 0.6) is 0 Å². The van der Waals surface area contributed by atoms with Crippen molar-refractivity contribution in [3.8, 4) is 11.4 Å². The molecule has 3 heteroatoms. The van der Waals surface area contributed by atoms with Crippen molar-refractivity contribution >= 4 is 0 Å². The minimum atomic E-state index is 0.762. The van der Waals surface area contributed by atoms with Crippen LogP contribution in [0, 0.1) is 20.8 Å². The molecule has 0 atom stereocenters. The first-order valence-electron chi connectivity index (χ1n) is 7.78. The highest BCUT2D eigenvalue weighted by Gasteiger charge is 2.20. The largest absolute Gasteiger partial charge is 0.314 e. The first kappa shape index (κ1) is 14.2. The van der Waals surface area contributed by atoms with E-state index < -0.39 is 0 Å². The number of hydrogen-bond donors (Lipinski definition) is 1. The molecule has 1 N–H and O–H groups in total. The smallest absolute Gasteiger partial charge is 0.159 e. The van der Waals surface area contributed by atoms with Gasteiger partial charge in [-0.3, -0.25) is 0 Å². The van der Waals surface area contributed by atoms with E-state index in [9.17, 15) is 0 Å². The molecule has 0 aliphatic heterocycles. The van der Waals surface area contributed by atoms with Crippen LogP contribution < -0.4 is 5.32 Å². The van der Waals surface area contributed by atoms with Crippen molar-refractivity contribution < 1.29 is 0 Å². The number of rotatable bonds is 5. The van der Waals surface area contributed by atoms with Gasteiger partial charge in [-0.25, -0.2) is 9.97 Å². The van der Waals surface area contributed by atoms with Crippen LogP contribution >= 0.6 is 0 Å². The first-order chi connectivity index (χ1) is 10.1. The molecule has 1 aromatic heterocycles. The predicted octanol–water partition coefficient (Wildman–Crippen LogP) is 3.36. The molecule has 1 aliphatic carbocycles. The number of nitrogens with one attached hydrogen (secondary N) is 1. The summed E-state index contributed by atoms with van der Waals surface area (Å²) in [5, 5.41) is 3.56. The predicted molar refractivity (Wildman–Crippen MR) is 86.4 cm³/mol. The van der Waals surface area contributed by atoms with Gasteiger partial charge in [-0.2, -0.15) is 0 Å². The van der Waals surface area contributed by atoms with Crippen molar-refractivity contribution in [2.75, 3.05) is 6.54 Å². The monoisotopic (exact) mass is 281 g/mol. The molecule has 1 saturated carbocycles. The van der Waals surface area contributed by atoms with Crippen LogP contribution in [0.2, 0.25) is 0 Å². The number of aromatic nitrogens is 2. The first-order valence-corrected chi connectivity index (χ1v) is 7.78. The van der Waals surface area contributed by atoms with E-state index in [0.29, 0.717) is 0 Å². The maximum Gasteiger partial charge on any atom is 0.159 e. The van der Waals surface area contributed by atoms with Crippen molar-refractivity contribution in [3.05, 3.63) is 46.8 Å². The number of hydrogen-bond acceptors (Lipinski definition) is 3. The topological polar surface area (TPSA) is 37.8 Å². The van der Waals surface area contributed by atoms with Crippen LogP contribution in [-0.4, -0.2) is 22.6 Å². The minimum Gasteiger partial charge on any atom is -0.314 e. The summed E-state index contributed by atoms with van der Waals surface area (Å²) in [6, 6.07) is 9.14. The summed E-state index contributed by atoms with van der Waals surface area (Å²) in [7, 11) is 0. The Balaban J connectivity index is 1.81. The summed E-state index contributed by atoms with van der Waals surface area (Å²) in [6.07, 6.45) is 3.68. The molecule has 0 bridgehead atoms. The Morgan fingerprint density at radius 1 is 1.10 bits per heavy atom. The second-order valence-electron chi connectivity index (χ2n) is 6.04. The lowest BCUT2D eigenvalue weighted by atomic mass is 10.1. The highest BCUT2D eigenvalue weighted by molar-refractivity contribution is 5.56. The Hall–Kier alpha value is -1.74. The Morgan fingerprint density at radius 2 is 1.81 bits per heavy atom. The van der Waals surface area contributed by atoms with Gasteiger partial charge in [-0.1, -0.05) is 23.8 Å². The SMILES string of the molecule is Cc1cccc(-c2nc(C)c(CCNC3CC3)c(C)n2)c1. The quantitative estimate of drug-likeness (QED) is 0.913. The normalized spacial score (nSPS) is 14.4. The zero-order valence-corrected chi connectivity index (χ0v) is 13.1. The molecule has 110 valence electrons. The third-order valence-corrected chi connectivity index (χ3v) is 4.08. The lowest BCUT2D eigenvalue weighted by Gasteiger charge is -2.11. The lowest BCUT2D eigenvalue weighted by Crippen LogP contribution is -2.20. The standard InChI is InChI=1S/C18H23N3/c1-12-5-4-6-15(11-12)18-20-13(2)17(14(3)21-18)9-10-19-16-7-8-16/h4-6,11,16,19H,7-10H2,1-3H3. The number of nitrogens with zero attached hydrogens (tertiary/aromatic N) is 2. The highest BCUT2D eigenvalue weighted by atomic mass is 14.9. The van der Waals surface area contributed by atoms with Gasteiger partial charge in [-0.05, 0) is 58.2 Å². The molecule has 1 aromatic carbocycles. The van der Waals surface area contributed by atoms with E-state index in [1.54, 1.807) is 0 Å². The molecular formula is C18H23N3. The Kier molecular flexibility index (Phi) is 4.02. The molecular weight excluding hydrogens is 258 g/mol. The van der Waals surface area contributed by atoms with Gasteiger partial charge >= 0.3 is 0 Å². The van der Waals surface area contributed by atoms with E-state index in [1.807, 2.05) is 0 Å². The van der Waals surface area contributed by atoms with Gasteiger partial charge in [0.15, 0.2) is 5.82 Å². The summed E-state index contributed by atoms with van der Waals surface area (Å²) in [4.78, 5) is 9.44. The fourth-order valence-electron chi connectivity index (χ4n) is 2.70. The molecule has 0 amide bonds. The van der Waals surface area contributed by atoms with E-state index in [1.165, 1.54) is 24.0 Å². The molecule has 0 saturated heterocycles. The van der Waals surface area contributed by atoms with Gasteiger partial charge in [0.1, 0.15) is 0 Å². The Labute approximate surface area is 126 Å². The van der Waals surface area contributed by atoms with Crippen molar-refractivity contribution in [2.45, 2.75) is 46.1 Å². The molecule has 0 unspecified atom stereocenters. The van der Waals surface area contributed by atoms with Crippen LogP contribution in [0.15, 0.2) is 24.3 Å². The van der Waals surface area contributed by atoms with Crippen LogP contribution in [0.1, 0.15) is 35.4 Å². The van der Waals surface area contributed by atoms with Crippen molar-refractivity contribution in [1.82, 2.24) is 15.3 Å². The second kappa shape index (κ2) is 5.94. The molecule has 1 aliphatic rings. The van der Waals surface area contributed by atoms with Crippen LogP contribution in [-0.2, 0) is 6.42 Å². The maximum atomic E-state index is 4.72. The Morgan fingerprint density at radius 3 is 2.43 bits per heavy atom. The Bertz CT molecular complexity index is 622. The van der Waals surface area contributed by atoms with E-state index in [4.69, 9.17) is 9.97 Å². The number of aryl methyl sites for hydroxylation is 3. The molecule has 2 aromatic rings. The third kappa shape index (κ3) is 3.48. The average molecular weight is 281 g/mol. The van der Waals surface area contributed by atoms with E-state index in [0.717, 1.165) is 41.8 Å². The zero-order chi connectivity index (χ0) is 14.8. The summed E-state index contributed by atoms with van der Waals surface area (Å²) < 4.78 is 0. The summed E-state index contributed by atoms with van der Waals surface area (Å²) in [5.74, 6) is 0.840. The van der Waals surface area contributed by atoms with Crippen LogP contribution in [0.25, 0.3) is 11.4 Å². The molecule has 3 nitrogen and oxygen atoms in total. The zero-order valence-electron chi connectivity index (χ0n) is 13.1. The fourth-order valence-corrected chi connectivity index (χ4v) is 2.70. The van der Waals surface area contributed by atoms with Crippen LogP contribution in [0.4, 0.5) is 0 Å². The van der Waals surface area contributed by atoms with Gasteiger partial charge in [-0.15, -0.1) is 0 Å². The van der Waals surface area contributed by atoms with E-state index >= 15 is 0 Å². The maximum absolute atomic E-state index is 4.72. The summed E-state index contributed by atoms with van der Waals surface area (Å²) in [5.41, 5.74) is 5.85. The second-order valence-corrected chi connectivity index (χ2v) is 6.04. The highest BCUT2D eigenvalue weighted by Crippen LogP contribution is 2.21. The summed E-state index contributed by atoms with van der Waals surface area (Å²) in [6.45, 7) is 7.32.